The van der Waals surface area contributed by atoms with Crippen LogP contribution in [-0.4, -0.2) is 27.5 Å². The van der Waals surface area contributed by atoms with Crippen LogP contribution in [0.3, 0.4) is 0 Å². The molecule has 1 fully saturated rings. The van der Waals surface area contributed by atoms with Gasteiger partial charge in [-0.15, -0.1) is 0 Å². The van der Waals surface area contributed by atoms with Gasteiger partial charge >= 0.3 is 0 Å². The second-order valence-electron chi connectivity index (χ2n) is 5.51. The lowest BCUT2D eigenvalue weighted by Crippen LogP contribution is -2.32. The minimum absolute atomic E-state index is 0.0490. The molecule has 2 heterocycles. The number of aryl methyl sites for hydroxylation is 1. The lowest BCUT2D eigenvalue weighted by molar-refractivity contribution is 0.0731. The molecule has 22 heavy (non-hydrogen) atoms. The molecule has 1 aromatic carbocycles. The van der Waals surface area contributed by atoms with Crippen LogP contribution in [0.25, 0.3) is 0 Å². The number of nitrogens with one attached hydrogen (secondary N) is 1. The van der Waals surface area contributed by atoms with E-state index in [0.717, 1.165) is 42.6 Å². The Morgan fingerprint density at radius 3 is 2.86 bits per heavy atom. The molecule has 0 saturated carbocycles. The van der Waals surface area contributed by atoms with E-state index in [0.29, 0.717) is 0 Å². The summed E-state index contributed by atoms with van der Waals surface area (Å²) in [5.74, 6) is 0.0490. The van der Waals surface area contributed by atoms with E-state index in [-0.39, 0.29) is 17.5 Å². The Hall–Kier alpha value is -2.43. The van der Waals surface area contributed by atoms with Gasteiger partial charge in [0.25, 0.3) is 11.5 Å². The van der Waals surface area contributed by atoms with E-state index in [9.17, 15) is 9.59 Å². The van der Waals surface area contributed by atoms with Gasteiger partial charge in [0.15, 0.2) is 0 Å². The molecule has 5 nitrogen and oxygen atoms in total. The highest BCUT2D eigenvalue weighted by atomic mass is 16.2. The van der Waals surface area contributed by atoms with Gasteiger partial charge in [-0.3, -0.25) is 9.59 Å². The molecule has 1 aromatic heterocycles. The summed E-state index contributed by atoms with van der Waals surface area (Å²) < 4.78 is 0. The predicted octanol–water partition coefficient (Wildman–Crippen LogP) is 2.31. The second-order valence-corrected chi connectivity index (χ2v) is 5.51. The molecule has 1 aliphatic rings. The molecule has 0 bridgehead atoms. The highest BCUT2D eigenvalue weighted by Gasteiger charge is 2.32. The van der Waals surface area contributed by atoms with Crippen LogP contribution in [0.2, 0.25) is 0 Å². The van der Waals surface area contributed by atoms with Crippen LogP contribution in [0.5, 0.6) is 0 Å². The molecule has 0 aliphatic carbocycles. The number of aromatic nitrogens is 2. The zero-order chi connectivity index (χ0) is 15.5. The van der Waals surface area contributed by atoms with Crippen LogP contribution in [-0.2, 0) is 6.42 Å². The van der Waals surface area contributed by atoms with Crippen molar-refractivity contribution in [1.82, 2.24) is 15.1 Å². The Labute approximate surface area is 129 Å². The van der Waals surface area contributed by atoms with Gasteiger partial charge in [0.05, 0.1) is 11.7 Å². The number of hydrogen-bond donors (Lipinski definition) is 1. The predicted molar refractivity (Wildman–Crippen MR) is 83.7 cm³/mol. The fraction of sp³-hybridized carbons (Fsp3) is 0.353. The van der Waals surface area contributed by atoms with Crippen molar-refractivity contribution in [3.05, 3.63) is 63.6 Å². The van der Waals surface area contributed by atoms with Gasteiger partial charge in [0, 0.05) is 18.2 Å². The minimum Gasteiger partial charge on any atom is -0.330 e. The van der Waals surface area contributed by atoms with Gasteiger partial charge < -0.3 is 4.90 Å². The van der Waals surface area contributed by atoms with Crippen molar-refractivity contribution in [2.75, 3.05) is 6.54 Å². The molecule has 1 aliphatic heterocycles. The van der Waals surface area contributed by atoms with Gasteiger partial charge in [-0.2, -0.15) is 5.10 Å². The normalized spacial score (nSPS) is 17.7. The van der Waals surface area contributed by atoms with Crippen LogP contribution < -0.4 is 5.56 Å². The number of amides is 1. The Morgan fingerprint density at radius 1 is 1.32 bits per heavy atom. The minimum atomic E-state index is -0.226. The third-order valence-corrected chi connectivity index (χ3v) is 4.18. The van der Waals surface area contributed by atoms with Crippen LogP contribution in [0.1, 0.15) is 47.4 Å². The summed E-state index contributed by atoms with van der Waals surface area (Å²) in [6.07, 6.45) is 2.65. The fourth-order valence-electron chi connectivity index (χ4n) is 3.05. The van der Waals surface area contributed by atoms with Crippen molar-refractivity contribution in [2.45, 2.75) is 32.2 Å². The van der Waals surface area contributed by atoms with Gasteiger partial charge in [-0.05, 0) is 37.0 Å². The van der Waals surface area contributed by atoms with Crippen molar-refractivity contribution in [3.63, 3.8) is 0 Å². The first-order valence-electron chi connectivity index (χ1n) is 7.65. The number of nitrogens with zero attached hydrogens (tertiary/aromatic N) is 2. The van der Waals surface area contributed by atoms with Crippen LogP contribution in [0.4, 0.5) is 0 Å². The molecule has 114 valence electrons. The third kappa shape index (κ3) is 2.66. The molecule has 1 saturated heterocycles. The molecular weight excluding hydrogens is 278 g/mol. The lowest BCUT2D eigenvalue weighted by Gasteiger charge is -2.25. The zero-order valence-corrected chi connectivity index (χ0v) is 12.6. The first-order chi connectivity index (χ1) is 10.7. The topological polar surface area (TPSA) is 66.1 Å². The van der Waals surface area contributed by atoms with Crippen molar-refractivity contribution in [1.29, 1.82) is 0 Å². The van der Waals surface area contributed by atoms with Crippen molar-refractivity contribution >= 4 is 5.91 Å². The average molecular weight is 297 g/mol. The molecule has 5 heteroatoms. The summed E-state index contributed by atoms with van der Waals surface area (Å²) >= 11 is 0. The van der Waals surface area contributed by atoms with E-state index in [1.54, 1.807) is 6.07 Å². The Kier molecular flexibility index (Phi) is 4.04. The number of likely N-dealkylation sites (tertiary alicyclic amines) is 1. The van der Waals surface area contributed by atoms with E-state index in [4.69, 9.17) is 0 Å². The standard InChI is InChI=1S/C17H19N3O2/c1-2-12-6-3-4-7-13(12)17(22)20-11-5-8-15(20)14-9-10-16(21)19-18-14/h3-4,6-7,9-10,15H,2,5,8,11H2,1H3,(H,19,21). The van der Waals surface area contributed by atoms with Gasteiger partial charge in [0.1, 0.15) is 0 Å². The first-order valence-corrected chi connectivity index (χ1v) is 7.65. The van der Waals surface area contributed by atoms with Gasteiger partial charge in [0.2, 0.25) is 0 Å². The van der Waals surface area contributed by atoms with Crippen molar-refractivity contribution < 1.29 is 4.79 Å². The molecule has 0 spiro atoms. The molecule has 1 amide bonds. The van der Waals surface area contributed by atoms with Crippen LogP contribution in [0.15, 0.2) is 41.2 Å². The maximum absolute atomic E-state index is 12.9. The van der Waals surface area contributed by atoms with E-state index >= 15 is 0 Å². The van der Waals surface area contributed by atoms with Gasteiger partial charge in [-0.1, -0.05) is 25.1 Å². The number of carbonyl (C=O) groups is 1. The highest BCUT2D eigenvalue weighted by Crippen LogP contribution is 2.32. The molecule has 1 N–H and O–H groups in total. The fourth-order valence-corrected chi connectivity index (χ4v) is 3.05. The van der Waals surface area contributed by atoms with Crippen molar-refractivity contribution in [2.24, 2.45) is 0 Å². The number of carbonyl (C=O) groups excluding carboxylic acids is 1. The highest BCUT2D eigenvalue weighted by molar-refractivity contribution is 5.96. The zero-order valence-electron chi connectivity index (χ0n) is 12.6. The Bertz CT molecular complexity index is 718. The molecule has 1 atom stereocenters. The molecule has 0 radical (unpaired) electrons. The molecular formula is C17H19N3O2. The maximum atomic E-state index is 12.9. The van der Waals surface area contributed by atoms with Crippen LogP contribution in [0, 0.1) is 0 Å². The number of H-pyrrole nitrogens is 1. The second kappa shape index (κ2) is 6.13. The number of rotatable bonds is 3. The molecule has 2 aromatic rings. The van der Waals surface area contributed by atoms with E-state index in [1.807, 2.05) is 29.2 Å². The van der Waals surface area contributed by atoms with Gasteiger partial charge in [-0.25, -0.2) is 5.10 Å². The van der Waals surface area contributed by atoms with E-state index in [1.165, 1.54) is 6.07 Å². The number of aromatic amines is 1. The molecule has 1 unspecified atom stereocenters. The smallest absolute Gasteiger partial charge is 0.264 e. The average Bonchev–Trinajstić information content (AvgIpc) is 3.04. The summed E-state index contributed by atoms with van der Waals surface area (Å²) in [5, 5.41) is 6.55. The van der Waals surface area contributed by atoms with Crippen LogP contribution >= 0.6 is 0 Å². The summed E-state index contributed by atoms with van der Waals surface area (Å²) in [6.45, 7) is 2.78. The monoisotopic (exact) mass is 297 g/mol. The Balaban J connectivity index is 1.91. The lowest BCUT2D eigenvalue weighted by atomic mass is 10.0. The first kappa shape index (κ1) is 14.5. The summed E-state index contributed by atoms with van der Waals surface area (Å²) in [6, 6.07) is 10.8. The van der Waals surface area contributed by atoms with E-state index < -0.39 is 0 Å². The SMILES string of the molecule is CCc1ccccc1C(=O)N1CCCC1c1ccc(=O)[nH]n1. The Morgan fingerprint density at radius 2 is 2.14 bits per heavy atom. The maximum Gasteiger partial charge on any atom is 0.264 e. The summed E-state index contributed by atoms with van der Waals surface area (Å²) in [5.41, 5.74) is 2.35. The summed E-state index contributed by atoms with van der Waals surface area (Å²) in [7, 11) is 0. The van der Waals surface area contributed by atoms with Crippen molar-refractivity contribution in [3.8, 4) is 0 Å². The largest absolute Gasteiger partial charge is 0.330 e. The number of benzene rings is 1. The number of hydrogen-bond acceptors (Lipinski definition) is 3. The van der Waals surface area contributed by atoms with E-state index in [2.05, 4.69) is 17.1 Å². The summed E-state index contributed by atoms with van der Waals surface area (Å²) in [4.78, 5) is 25.9. The molecule has 3 rings (SSSR count). The quantitative estimate of drug-likeness (QED) is 0.945. The third-order valence-electron chi connectivity index (χ3n) is 4.18.